The van der Waals surface area contributed by atoms with E-state index in [4.69, 9.17) is 0 Å². The molecule has 1 aromatic heterocycles. The second kappa shape index (κ2) is 7.46. The fourth-order valence-electron chi connectivity index (χ4n) is 3.62. The summed E-state index contributed by atoms with van der Waals surface area (Å²) in [4.78, 5) is 15.9. The summed E-state index contributed by atoms with van der Waals surface area (Å²) in [6.45, 7) is 4.73. The Kier molecular flexibility index (Phi) is 5.34. The van der Waals surface area contributed by atoms with Crippen LogP contribution in [0.25, 0.3) is 0 Å². The smallest absolute Gasteiger partial charge is 0.239 e. The number of carbonyl (C=O) groups is 1. The molecule has 0 aromatic carbocycles. The molecule has 5 heteroatoms. The Balaban J connectivity index is 1.67. The molecular formula is C18H25N3OS. The van der Waals surface area contributed by atoms with Crippen LogP contribution in [0.15, 0.2) is 0 Å². The highest BCUT2D eigenvalue weighted by Gasteiger charge is 2.25. The standard InChI is InChI=1S/C18H25N3OS/c1-13-6-7-14-15(11-19)18(23-16(14)10-13)20-17(22)12-21-8-4-2-3-5-9-21/h13H,2-10,12H2,1H3,(H,20,22)/t13-/m1/s1. The third-order valence-corrected chi connectivity index (χ3v) is 6.11. The predicted molar refractivity (Wildman–Crippen MR) is 93.8 cm³/mol. The summed E-state index contributed by atoms with van der Waals surface area (Å²) in [6, 6.07) is 2.32. The van der Waals surface area contributed by atoms with Crippen molar-refractivity contribution in [2.75, 3.05) is 25.0 Å². The Morgan fingerprint density at radius 2 is 2.09 bits per heavy atom. The van der Waals surface area contributed by atoms with Crippen molar-refractivity contribution in [3.8, 4) is 6.07 Å². The fourth-order valence-corrected chi connectivity index (χ4v) is 5.00. The zero-order valence-corrected chi connectivity index (χ0v) is 14.7. The molecule has 1 N–H and O–H groups in total. The second-order valence-electron chi connectivity index (χ2n) is 6.91. The first-order valence-electron chi connectivity index (χ1n) is 8.74. The highest BCUT2D eigenvalue weighted by atomic mass is 32.1. The van der Waals surface area contributed by atoms with Gasteiger partial charge in [0.05, 0.1) is 12.1 Å². The van der Waals surface area contributed by atoms with Crippen LogP contribution < -0.4 is 5.32 Å². The highest BCUT2D eigenvalue weighted by molar-refractivity contribution is 7.16. The number of hydrogen-bond donors (Lipinski definition) is 1. The maximum absolute atomic E-state index is 12.4. The van der Waals surface area contributed by atoms with Crippen LogP contribution >= 0.6 is 11.3 Å². The number of rotatable bonds is 3. The molecule has 4 nitrogen and oxygen atoms in total. The second-order valence-corrected chi connectivity index (χ2v) is 8.01. The molecule has 23 heavy (non-hydrogen) atoms. The minimum atomic E-state index is 0.0232. The van der Waals surface area contributed by atoms with Gasteiger partial charge in [0.1, 0.15) is 11.1 Å². The Labute approximate surface area is 142 Å². The van der Waals surface area contributed by atoms with Gasteiger partial charge in [0.15, 0.2) is 0 Å². The van der Waals surface area contributed by atoms with Gasteiger partial charge in [-0.25, -0.2) is 0 Å². The van der Waals surface area contributed by atoms with Gasteiger partial charge in [-0.1, -0.05) is 19.8 Å². The lowest BCUT2D eigenvalue weighted by atomic mass is 9.89. The van der Waals surface area contributed by atoms with Gasteiger partial charge in [-0.05, 0) is 56.7 Å². The van der Waals surface area contributed by atoms with Crippen LogP contribution in [0.2, 0.25) is 0 Å². The monoisotopic (exact) mass is 331 g/mol. The molecule has 2 aliphatic rings. The van der Waals surface area contributed by atoms with Crippen LogP contribution in [0.4, 0.5) is 5.00 Å². The van der Waals surface area contributed by atoms with E-state index in [1.807, 2.05) is 0 Å². The van der Waals surface area contributed by atoms with Gasteiger partial charge in [-0.15, -0.1) is 11.3 Å². The minimum Gasteiger partial charge on any atom is -0.315 e. The van der Waals surface area contributed by atoms with E-state index < -0.39 is 0 Å². The summed E-state index contributed by atoms with van der Waals surface area (Å²) in [5.74, 6) is 0.698. The molecule has 1 aliphatic carbocycles. The molecule has 1 atom stereocenters. The molecule has 1 aromatic rings. The Morgan fingerprint density at radius 1 is 1.35 bits per heavy atom. The summed E-state index contributed by atoms with van der Waals surface area (Å²) in [7, 11) is 0. The van der Waals surface area contributed by atoms with Crippen molar-refractivity contribution >= 4 is 22.2 Å². The van der Waals surface area contributed by atoms with E-state index in [1.54, 1.807) is 11.3 Å². The molecule has 0 bridgehead atoms. The number of thiophene rings is 1. The maximum Gasteiger partial charge on any atom is 0.239 e. The predicted octanol–water partition coefficient (Wildman–Crippen LogP) is 3.56. The average Bonchev–Trinajstić information content (AvgIpc) is 2.68. The van der Waals surface area contributed by atoms with Crippen molar-refractivity contribution in [1.29, 1.82) is 5.26 Å². The van der Waals surface area contributed by atoms with Crippen molar-refractivity contribution in [2.45, 2.75) is 51.9 Å². The number of fused-ring (bicyclic) bond motifs is 1. The summed E-state index contributed by atoms with van der Waals surface area (Å²) in [6.07, 6.45) is 8.05. The number of amides is 1. The van der Waals surface area contributed by atoms with Gasteiger partial charge in [0.25, 0.3) is 0 Å². The zero-order chi connectivity index (χ0) is 16.2. The first kappa shape index (κ1) is 16.5. The number of nitrogens with zero attached hydrogens (tertiary/aromatic N) is 2. The third kappa shape index (κ3) is 3.94. The maximum atomic E-state index is 12.4. The molecule has 1 saturated heterocycles. The van der Waals surface area contributed by atoms with Crippen molar-refractivity contribution in [1.82, 2.24) is 4.90 Å². The quantitative estimate of drug-likeness (QED) is 0.921. The van der Waals surface area contributed by atoms with Crippen LogP contribution in [0.5, 0.6) is 0 Å². The van der Waals surface area contributed by atoms with Crippen molar-refractivity contribution < 1.29 is 4.79 Å². The average molecular weight is 331 g/mol. The molecular weight excluding hydrogens is 306 g/mol. The zero-order valence-electron chi connectivity index (χ0n) is 13.9. The van der Waals surface area contributed by atoms with Crippen molar-refractivity contribution in [3.05, 3.63) is 16.0 Å². The molecule has 0 saturated carbocycles. The van der Waals surface area contributed by atoms with E-state index in [9.17, 15) is 10.1 Å². The van der Waals surface area contributed by atoms with Crippen LogP contribution in [-0.2, 0) is 17.6 Å². The molecule has 1 aliphatic heterocycles. The lowest BCUT2D eigenvalue weighted by Gasteiger charge is -2.18. The van der Waals surface area contributed by atoms with Crippen LogP contribution in [-0.4, -0.2) is 30.4 Å². The number of carbonyl (C=O) groups excluding carboxylic acids is 1. The number of hydrogen-bond acceptors (Lipinski definition) is 4. The fraction of sp³-hybridized carbons (Fsp3) is 0.667. The van der Waals surface area contributed by atoms with Gasteiger partial charge in [0, 0.05) is 4.88 Å². The molecule has 1 amide bonds. The largest absolute Gasteiger partial charge is 0.315 e. The molecule has 0 radical (unpaired) electrons. The molecule has 3 rings (SSSR count). The topological polar surface area (TPSA) is 56.1 Å². The van der Waals surface area contributed by atoms with E-state index in [-0.39, 0.29) is 5.91 Å². The number of likely N-dealkylation sites (tertiary alicyclic amines) is 1. The van der Waals surface area contributed by atoms with Crippen molar-refractivity contribution in [2.24, 2.45) is 5.92 Å². The molecule has 0 spiro atoms. The summed E-state index contributed by atoms with van der Waals surface area (Å²) >= 11 is 1.61. The summed E-state index contributed by atoms with van der Waals surface area (Å²) in [5, 5.41) is 13.3. The van der Waals surface area contributed by atoms with E-state index in [0.29, 0.717) is 18.0 Å². The van der Waals surface area contributed by atoms with Crippen LogP contribution in [0, 0.1) is 17.2 Å². The normalized spacial score (nSPS) is 22.0. The highest BCUT2D eigenvalue weighted by Crippen LogP contribution is 2.39. The van der Waals surface area contributed by atoms with Gasteiger partial charge in [-0.2, -0.15) is 5.26 Å². The van der Waals surface area contributed by atoms with Gasteiger partial charge >= 0.3 is 0 Å². The van der Waals surface area contributed by atoms with E-state index >= 15 is 0 Å². The van der Waals surface area contributed by atoms with Crippen molar-refractivity contribution in [3.63, 3.8) is 0 Å². The first-order chi connectivity index (χ1) is 11.2. The summed E-state index contributed by atoms with van der Waals surface area (Å²) < 4.78 is 0. The number of anilines is 1. The van der Waals surface area contributed by atoms with Crippen LogP contribution in [0.3, 0.4) is 0 Å². The SMILES string of the molecule is C[C@@H]1CCc2c(sc(NC(=O)CN3CCCCCC3)c2C#N)C1. The Morgan fingerprint density at radius 3 is 2.78 bits per heavy atom. The Bertz CT molecular complexity index is 609. The third-order valence-electron chi connectivity index (χ3n) is 4.94. The molecule has 124 valence electrons. The van der Waals surface area contributed by atoms with Gasteiger partial charge in [0.2, 0.25) is 5.91 Å². The lowest BCUT2D eigenvalue weighted by molar-refractivity contribution is -0.117. The number of nitriles is 1. The Hall–Kier alpha value is -1.38. The number of nitrogens with one attached hydrogen (secondary N) is 1. The molecule has 1 fully saturated rings. The molecule has 2 heterocycles. The lowest BCUT2D eigenvalue weighted by Crippen LogP contribution is -2.33. The van der Waals surface area contributed by atoms with E-state index in [2.05, 4.69) is 23.2 Å². The minimum absolute atomic E-state index is 0.0232. The first-order valence-corrected chi connectivity index (χ1v) is 9.56. The molecule has 0 unspecified atom stereocenters. The van der Waals surface area contributed by atoms with Crippen LogP contribution in [0.1, 0.15) is 55.0 Å². The summed E-state index contributed by atoms with van der Waals surface area (Å²) in [5.41, 5.74) is 1.89. The van der Waals surface area contributed by atoms with Gasteiger partial charge in [-0.3, -0.25) is 9.69 Å². The van der Waals surface area contributed by atoms with E-state index in [1.165, 1.54) is 36.1 Å². The van der Waals surface area contributed by atoms with Gasteiger partial charge < -0.3 is 5.32 Å². The van der Waals surface area contributed by atoms with E-state index in [0.717, 1.165) is 37.4 Å².